The quantitative estimate of drug-likeness (QED) is 0.769. The molecule has 1 amide bonds. The van der Waals surface area contributed by atoms with Crippen molar-refractivity contribution in [2.45, 2.75) is 57.2 Å². The van der Waals surface area contributed by atoms with Crippen LogP contribution in [0.2, 0.25) is 5.02 Å². The molecule has 1 aromatic carbocycles. The Labute approximate surface area is 171 Å². The van der Waals surface area contributed by atoms with Crippen LogP contribution in [0.5, 0.6) is 0 Å². The number of benzene rings is 1. The number of carbonyl (C=O) groups excluding carboxylic acids is 1. The lowest BCUT2D eigenvalue weighted by molar-refractivity contribution is -0.121. The molecule has 0 aromatic heterocycles. The predicted octanol–water partition coefficient (Wildman–Crippen LogP) is 4.50. The van der Waals surface area contributed by atoms with E-state index in [4.69, 9.17) is 16.6 Å². The minimum absolute atomic E-state index is 0. The van der Waals surface area contributed by atoms with Crippen LogP contribution in [-0.4, -0.2) is 40.9 Å². The lowest BCUT2D eigenvalue weighted by atomic mass is 9.96. The lowest BCUT2D eigenvalue weighted by Gasteiger charge is -2.23. The molecule has 1 heterocycles. The lowest BCUT2D eigenvalue weighted by Crippen LogP contribution is -2.36. The zero-order valence-electron chi connectivity index (χ0n) is 15.1. The van der Waals surface area contributed by atoms with Crippen LogP contribution in [0, 0.1) is 0 Å². The second-order valence-corrected chi connectivity index (χ2v) is 8.31. The van der Waals surface area contributed by atoms with E-state index < -0.39 is 0 Å². The maximum absolute atomic E-state index is 12.3. The van der Waals surface area contributed by atoms with Crippen molar-refractivity contribution >= 4 is 46.8 Å². The number of hydrogen-bond acceptors (Lipinski definition) is 3. The van der Waals surface area contributed by atoms with E-state index in [-0.39, 0.29) is 24.4 Å². The second kappa shape index (κ2) is 10.4. The van der Waals surface area contributed by atoms with Crippen molar-refractivity contribution in [3.8, 4) is 0 Å². The number of halogens is 2. The van der Waals surface area contributed by atoms with Crippen LogP contribution in [0.3, 0.4) is 0 Å². The Morgan fingerprint density at radius 3 is 2.65 bits per heavy atom. The molecular weight excluding hydrogens is 389 g/mol. The van der Waals surface area contributed by atoms with Gasteiger partial charge in [-0.1, -0.05) is 54.8 Å². The minimum Gasteiger partial charge on any atom is -0.352 e. The zero-order chi connectivity index (χ0) is 17.6. The summed E-state index contributed by atoms with van der Waals surface area (Å²) in [5, 5.41) is 4.83. The molecule has 0 spiro atoms. The molecule has 144 valence electrons. The van der Waals surface area contributed by atoms with E-state index in [1.807, 2.05) is 24.3 Å². The van der Waals surface area contributed by atoms with Gasteiger partial charge in [-0.3, -0.25) is 9.79 Å². The third-order valence-corrected chi connectivity index (χ3v) is 6.40. The molecule has 1 aliphatic heterocycles. The number of thioether (sulfide) groups is 1. The first-order valence-corrected chi connectivity index (χ1v) is 10.4. The van der Waals surface area contributed by atoms with Crippen LogP contribution in [0.15, 0.2) is 29.3 Å². The molecule has 0 bridgehead atoms. The van der Waals surface area contributed by atoms with Gasteiger partial charge in [-0.2, -0.15) is 0 Å². The molecule has 1 aliphatic carbocycles. The molecule has 1 saturated carbocycles. The second-order valence-electron chi connectivity index (χ2n) is 6.89. The van der Waals surface area contributed by atoms with Crippen molar-refractivity contribution in [3.63, 3.8) is 0 Å². The molecule has 2 aliphatic rings. The van der Waals surface area contributed by atoms with Crippen molar-refractivity contribution in [3.05, 3.63) is 34.9 Å². The summed E-state index contributed by atoms with van der Waals surface area (Å²) < 4.78 is 0. The van der Waals surface area contributed by atoms with E-state index in [0.29, 0.717) is 24.0 Å². The third kappa shape index (κ3) is 6.07. The normalized spacial score (nSPS) is 22.3. The first kappa shape index (κ1) is 21.4. The number of amidine groups is 1. The highest BCUT2D eigenvalue weighted by Crippen LogP contribution is 2.28. The van der Waals surface area contributed by atoms with E-state index in [1.54, 1.807) is 11.8 Å². The van der Waals surface area contributed by atoms with Gasteiger partial charge < -0.3 is 10.2 Å². The summed E-state index contributed by atoms with van der Waals surface area (Å²) in [7, 11) is 2.07. The van der Waals surface area contributed by atoms with Gasteiger partial charge in [-0.15, -0.1) is 12.4 Å². The minimum atomic E-state index is 0. The van der Waals surface area contributed by atoms with Crippen molar-refractivity contribution in [1.82, 2.24) is 10.2 Å². The van der Waals surface area contributed by atoms with Gasteiger partial charge >= 0.3 is 0 Å². The molecular formula is C19H27Cl2N3OS. The topological polar surface area (TPSA) is 44.7 Å². The standard InChI is InChI=1S/C19H26ClN3OS.ClH/c1-23-17(13-25-19(23)22-16-5-3-2-4-6-16)11-18(24)21-12-14-7-9-15(20)10-8-14;/h7-10,16-17H,2-6,11-13H2,1H3,(H,21,24);1H. The van der Waals surface area contributed by atoms with E-state index in [0.717, 1.165) is 16.5 Å². The summed E-state index contributed by atoms with van der Waals surface area (Å²) in [6, 6.07) is 8.29. The van der Waals surface area contributed by atoms with Gasteiger partial charge in [0.05, 0.1) is 6.04 Å². The molecule has 1 N–H and O–H groups in total. The van der Waals surface area contributed by atoms with Gasteiger partial charge in [-0.25, -0.2) is 0 Å². The maximum atomic E-state index is 12.3. The largest absolute Gasteiger partial charge is 0.352 e. The summed E-state index contributed by atoms with van der Waals surface area (Å²) in [6.45, 7) is 0.544. The van der Waals surface area contributed by atoms with Gasteiger partial charge in [0, 0.05) is 36.8 Å². The summed E-state index contributed by atoms with van der Waals surface area (Å²) in [6.07, 6.45) is 6.88. The van der Waals surface area contributed by atoms with E-state index in [9.17, 15) is 4.79 Å². The Bertz CT molecular complexity index is 618. The Kier molecular flexibility index (Phi) is 8.58. The molecule has 0 radical (unpaired) electrons. The van der Waals surface area contributed by atoms with Crippen LogP contribution >= 0.6 is 35.8 Å². The van der Waals surface area contributed by atoms with Gasteiger partial charge in [0.15, 0.2) is 5.17 Å². The van der Waals surface area contributed by atoms with E-state index >= 15 is 0 Å². The molecule has 2 fully saturated rings. The van der Waals surface area contributed by atoms with Crippen LogP contribution < -0.4 is 5.32 Å². The van der Waals surface area contributed by atoms with Crippen molar-refractivity contribution in [2.75, 3.05) is 12.8 Å². The van der Waals surface area contributed by atoms with E-state index in [1.165, 1.54) is 32.1 Å². The fraction of sp³-hybridized carbons (Fsp3) is 0.579. The molecule has 3 rings (SSSR count). The molecule has 1 saturated heterocycles. The summed E-state index contributed by atoms with van der Waals surface area (Å²) in [5.74, 6) is 1.03. The summed E-state index contributed by atoms with van der Waals surface area (Å²) in [5.41, 5.74) is 1.06. The molecule has 4 nitrogen and oxygen atoms in total. The fourth-order valence-electron chi connectivity index (χ4n) is 3.32. The number of rotatable bonds is 5. The Hall–Kier alpha value is -0.910. The summed E-state index contributed by atoms with van der Waals surface area (Å²) >= 11 is 7.67. The molecule has 1 aromatic rings. The monoisotopic (exact) mass is 415 g/mol. The first-order valence-electron chi connectivity index (χ1n) is 9.06. The number of carbonyl (C=O) groups is 1. The van der Waals surface area contributed by atoms with Crippen LogP contribution in [-0.2, 0) is 11.3 Å². The number of aliphatic imine (C=N–C) groups is 1. The molecule has 1 unspecified atom stereocenters. The SMILES string of the molecule is CN1C(=NC2CCCCC2)SCC1CC(=O)NCc1ccc(Cl)cc1.Cl. The van der Waals surface area contributed by atoms with Crippen molar-refractivity contribution in [2.24, 2.45) is 4.99 Å². The highest BCUT2D eigenvalue weighted by Gasteiger charge is 2.29. The van der Waals surface area contributed by atoms with E-state index in [2.05, 4.69) is 17.3 Å². The zero-order valence-corrected chi connectivity index (χ0v) is 17.5. The number of amides is 1. The predicted molar refractivity (Wildman–Crippen MR) is 113 cm³/mol. The highest BCUT2D eigenvalue weighted by atomic mass is 35.5. The van der Waals surface area contributed by atoms with Crippen LogP contribution in [0.1, 0.15) is 44.1 Å². The van der Waals surface area contributed by atoms with Gasteiger partial charge in [0.2, 0.25) is 5.91 Å². The van der Waals surface area contributed by atoms with Gasteiger partial charge in [0.25, 0.3) is 0 Å². The molecule has 7 heteroatoms. The Morgan fingerprint density at radius 2 is 1.96 bits per heavy atom. The average molecular weight is 416 g/mol. The number of nitrogens with one attached hydrogen (secondary N) is 1. The maximum Gasteiger partial charge on any atom is 0.222 e. The van der Waals surface area contributed by atoms with Crippen LogP contribution in [0.4, 0.5) is 0 Å². The Balaban J connectivity index is 0.00000243. The number of nitrogens with zero attached hydrogens (tertiary/aromatic N) is 2. The fourth-order valence-corrected chi connectivity index (χ4v) is 4.71. The number of hydrogen-bond donors (Lipinski definition) is 1. The average Bonchev–Trinajstić information content (AvgIpc) is 2.95. The third-order valence-electron chi connectivity index (χ3n) is 4.95. The van der Waals surface area contributed by atoms with Crippen molar-refractivity contribution in [1.29, 1.82) is 0 Å². The Morgan fingerprint density at radius 1 is 1.27 bits per heavy atom. The van der Waals surface area contributed by atoms with Gasteiger partial charge in [-0.05, 0) is 30.5 Å². The van der Waals surface area contributed by atoms with Crippen molar-refractivity contribution < 1.29 is 4.79 Å². The first-order chi connectivity index (χ1) is 12.1. The smallest absolute Gasteiger partial charge is 0.222 e. The van der Waals surface area contributed by atoms with Gasteiger partial charge in [0.1, 0.15) is 0 Å². The molecule has 26 heavy (non-hydrogen) atoms. The summed E-state index contributed by atoms with van der Waals surface area (Å²) in [4.78, 5) is 19.4. The molecule has 1 atom stereocenters. The van der Waals surface area contributed by atoms with Crippen LogP contribution in [0.25, 0.3) is 0 Å². The highest BCUT2D eigenvalue weighted by molar-refractivity contribution is 8.14.